The Kier molecular flexibility index (Phi) is 5.77. The van der Waals surface area contributed by atoms with E-state index in [2.05, 4.69) is 31.5 Å². The van der Waals surface area contributed by atoms with E-state index >= 15 is 0 Å². The summed E-state index contributed by atoms with van der Waals surface area (Å²) in [7, 11) is -1.07. The lowest BCUT2D eigenvalue weighted by molar-refractivity contribution is 0.279. The van der Waals surface area contributed by atoms with E-state index in [9.17, 15) is 0 Å². The molecule has 0 atom stereocenters. The fourth-order valence-electron chi connectivity index (χ4n) is 2.95. The molecular weight excluding hydrogens is 210 g/mol. The van der Waals surface area contributed by atoms with Crippen LogP contribution >= 0.6 is 0 Å². The molecular formula is C14H29NSi. The zero-order chi connectivity index (χ0) is 12.0. The van der Waals surface area contributed by atoms with Gasteiger partial charge in [0.05, 0.1) is 8.07 Å². The van der Waals surface area contributed by atoms with Crippen molar-refractivity contribution < 1.29 is 0 Å². The van der Waals surface area contributed by atoms with E-state index in [0.717, 1.165) is 0 Å². The Morgan fingerprint density at radius 3 is 2.06 bits per heavy atom. The maximum absolute atomic E-state index is 4.08. The van der Waals surface area contributed by atoms with Crippen molar-refractivity contribution in [2.45, 2.75) is 58.2 Å². The number of hydrogen-bond donors (Lipinski definition) is 0. The summed E-state index contributed by atoms with van der Waals surface area (Å²) in [5.41, 5.74) is 1.38. The van der Waals surface area contributed by atoms with Crippen molar-refractivity contribution >= 4 is 8.07 Å². The van der Waals surface area contributed by atoms with Gasteiger partial charge in [0.2, 0.25) is 0 Å². The van der Waals surface area contributed by atoms with Gasteiger partial charge in [-0.25, -0.2) is 0 Å². The number of allylic oxidation sites excluding steroid dienone is 1. The van der Waals surface area contributed by atoms with E-state index in [0.29, 0.717) is 0 Å². The van der Waals surface area contributed by atoms with Gasteiger partial charge in [-0.2, -0.15) is 0 Å². The Morgan fingerprint density at radius 2 is 1.56 bits per heavy atom. The fourth-order valence-corrected chi connectivity index (χ4v) is 6.22. The molecule has 1 nitrogen and oxygen atoms in total. The molecule has 16 heavy (non-hydrogen) atoms. The van der Waals surface area contributed by atoms with Crippen LogP contribution in [0.5, 0.6) is 0 Å². The third-order valence-electron chi connectivity index (χ3n) is 3.38. The zero-order valence-electron chi connectivity index (χ0n) is 11.5. The third-order valence-corrected chi connectivity index (χ3v) is 6.24. The maximum atomic E-state index is 4.08. The maximum Gasteiger partial charge on any atom is 0.0669 e. The van der Waals surface area contributed by atoms with Gasteiger partial charge in [0.25, 0.3) is 0 Å². The summed E-state index contributed by atoms with van der Waals surface area (Å²) >= 11 is 0. The first-order chi connectivity index (χ1) is 7.49. The van der Waals surface area contributed by atoms with Crippen LogP contribution in [-0.4, -0.2) is 32.2 Å². The molecule has 0 N–H and O–H groups in total. The average molecular weight is 239 g/mol. The van der Waals surface area contributed by atoms with E-state index < -0.39 is 8.07 Å². The Balaban J connectivity index is 2.40. The summed E-state index contributed by atoms with van der Waals surface area (Å²) in [6.07, 6.45) is 8.55. The molecule has 0 aromatic rings. The van der Waals surface area contributed by atoms with Crippen molar-refractivity contribution in [2.75, 3.05) is 19.3 Å². The van der Waals surface area contributed by atoms with Crippen LogP contribution in [0.15, 0.2) is 12.2 Å². The highest BCUT2D eigenvalue weighted by molar-refractivity contribution is 6.78. The highest BCUT2D eigenvalue weighted by atomic mass is 28.3. The lowest BCUT2D eigenvalue weighted by Gasteiger charge is -2.32. The van der Waals surface area contributed by atoms with Crippen LogP contribution in [0.2, 0.25) is 19.1 Å². The topological polar surface area (TPSA) is 3.24 Å². The standard InChI is InChI=1S/C14H29NSi/c1-14(2)12-16(3,4)13-15-10-8-6-5-7-9-11-15/h1,5-13H2,2-4H3. The Morgan fingerprint density at radius 1 is 1.06 bits per heavy atom. The van der Waals surface area contributed by atoms with Crippen LogP contribution in [0, 0.1) is 0 Å². The second kappa shape index (κ2) is 6.60. The summed E-state index contributed by atoms with van der Waals surface area (Å²) in [5, 5.41) is 0. The van der Waals surface area contributed by atoms with E-state index in [1.807, 2.05) is 0 Å². The van der Waals surface area contributed by atoms with Crippen LogP contribution < -0.4 is 0 Å². The average Bonchev–Trinajstić information content (AvgIpc) is 2.06. The molecule has 1 fully saturated rings. The molecule has 94 valence electrons. The zero-order valence-corrected chi connectivity index (χ0v) is 12.5. The van der Waals surface area contributed by atoms with Crippen molar-refractivity contribution in [2.24, 2.45) is 0 Å². The van der Waals surface area contributed by atoms with Gasteiger partial charge >= 0.3 is 0 Å². The van der Waals surface area contributed by atoms with Crippen LogP contribution in [-0.2, 0) is 0 Å². The molecule has 0 unspecified atom stereocenters. The van der Waals surface area contributed by atoms with Crippen molar-refractivity contribution in [3.05, 3.63) is 12.2 Å². The van der Waals surface area contributed by atoms with Gasteiger partial charge in [-0.3, -0.25) is 0 Å². The van der Waals surface area contributed by atoms with Crippen LogP contribution in [0.25, 0.3) is 0 Å². The molecule has 0 aliphatic carbocycles. The molecule has 0 aromatic heterocycles. The normalized spacial score (nSPS) is 20.2. The summed E-state index contributed by atoms with van der Waals surface area (Å²) in [5.74, 6) is 0. The van der Waals surface area contributed by atoms with Gasteiger partial charge in [0, 0.05) is 0 Å². The van der Waals surface area contributed by atoms with Crippen molar-refractivity contribution in [3.8, 4) is 0 Å². The van der Waals surface area contributed by atoms with Crippen LogP contribution in [0.3, 0.4) is 0 Å². The van der Waals surface area contributed by atoms with E-state index in [4.69, 9.17) is 0 Å². The molecule has 1 saturated heterocycles. The first kappa shape index (κ1) is 14.0. The molecule has 0 aromatic carbocycles. The second-order valence-corrected chi connectivity index (χ2v) is 11.3. The lowest BCUT2D eigenvalue weighted by atomic mass is 10.1. The van der Waals surface area contributed by atoms with Gasteiger partial charge < -0.3 is 4.90 Å². The van der Waals surface area contributed by atoms with Crippen molar-refractivity contribution in [3.63, 3.8) is 0 Å². The summed E-state index contributed by atoms with van der Waals surface area (Å²) in [6, 6.07) is 1.30. The predicted octanol–water partition coefficient (Wildman–Crippen LogP) is 4.08. The molecule has 0 saturated carbocycles. The van der Waals surface area contributed by atoms with Crippen LogP contribution in [0.1, 0.15) is 39.0 Å². The number of nitrogens with zero attached hydrogens (tertiary/aromatic N) is 1. The molecule has 0 radical (unpaired) electrons. The first-order valence-electron chi connectivity index (χ1n) is 6.86. The highest BCUT2D eigenvalue weighted by Crippen LogP contribution is 2.18. The SMILES string of the molecule is C=C(C)C[Si](C)(C)CN1CCCCCCC1. The van der Waals surface area contributed by atoms with E-state index in [1.165, 1.54) is 63.0 Å². The smallest absolute Gasteiger partial charge is 0.0669 e. The third kappa shape index (κ3) is 5.85. The van der Waals surface area contributed by atoms with E-state index in [-0.39, 0.29) is 0 Å². The Hall–Kier alpha value is -0.0831. The minimum Gasteiger partial charge on any atom is -0.306 e. The molecule has 1 rings (SSSR count). The first-order valence-corrected chi connectivity index (χ1v) is 10.3. The Labute approximate surface area is 103 Å². The van der Waals surface area contributed by atoms with Gasteiger partial charge in [-0.1, -0.05) is 37.9 Å². The summed E-state index contributed by atoms with van der Waals surface area (Å²) in [6.45, 7) is 14.0. The van der Waals surface area contributed by atoms with Crippen molar-refractivity contribution in [1.29, 1.82) is 0 Å². The van der Waals surface area contributed by atoms with E-state index in [1.54, 1.807) is 0 Å². The molecule has 2 heteroatoms. The van der Waals surface area contributed by atoms with Crippen LogP contribution in [0.4, 0.5) is 0 Å². The van der Waals surface area contributed by atoms with Crippen molar-refractivity contribution in [1.82, 2.24) is 4.90 Å². The molecule has 1 aliphatic heterocycles. The number of likely N-dealkylation sites (tertiary alicyclic amines) is 1. The molecule has 0 spiro atoms. The molecule has 0 amide bonds. The summed E-state index contributed by atoms with van der Waals surface area (Å²) < 4.78 is 0. The molecule has 1 aliphatic rings. The highest BCUT2D eigenvalue weighted by Gasteiger charge is 2.24. The molecule has 1 heterocycles. The lowest BCUT2D eigenvalue weighted by Crippen LogP contribution is -2.43. The van der Waals surface area contributed by atoms with Gasteiger partial charge in [-0.15, -0.1) is 6.58 Å². The fraction of sp³-hybridized carbons (Fsp3) is 0.857. The summed E-state index contributed by atoms with van der Waals surface area (Å²) in [4.78, 5) is 2.73. The molecule has 0 bridgehead atoms. The predicted molar refractivity (Wildman–Crippen MR) is 76.6 cm³/mol. The minimum atomic E-state index is -1.07. The van der Waals surface area contributed by atoms with Gasteiger partial charge in [0.1, 0.15) is 0 Å². The monoisotopic (exact) mass is 239 g/mol. The minimum absolute atomic E-state index is 1.07. The van der Waals surface area contributed by atoms with Gasteiger partial charge in [-0.05, 0) is 45.1 Å². The van der Waals surface area contributed by atoms with Gasteiger partial charge in [0.15, 0.2) is 0 Å². The number of hydrogen-bond acceptors (Lipinski definition) is 1. The Bertz CT molecular complexity index is 215. The number of rotatable bonds is 4. The second-order valence-electron chi connectivity index (χ2n) is 6.34. The quantitative estimate of drug-likeness (QED) is 0.528. The largest absolute Gasteiger partial charge is 0.306 e.